The molecule has 0 radical (unpaired) electrons. The minimum Gasteiger partial charge on any atom is -0.114 e. The van der Waals surface area contributed by atoms with Crippen molar-refractivity contribution in [3.05, 3.63) is 0 Å². The second-order valence-corrected chi connectivity index (χ2v) is 0. The monoisotopic (exact) mass is 190 g/mol. The fraction of sp³-hybridized carbons (Fsp3) is 1.00. The van der Waals surface area contributed by atoms with E-state index in [1.54, 1.807) is 0 Å². The third kappa shape index (κ3) is 12.3. The van der Waals surface area contributed by atoms with Gasteiger partial charge in [-0.25, -0.2) is 0 Å². The van der Waals surface area contributed by atoms with Crippen LogP contribution in [0.5, 0.6) is 0 Å². The molecule has 0 N–H and O–H groups in total. The minimum atomic E-state index is 0. The fourth-order valence-electron chi connectivity index (χ4n) is 0. The summed E-state index contributed by atoms with van der Waals surface area (Å²) in [4.78, 5) is 0. The molecule has 0 heterocycles. The van der Waals surface area contributed by atoms with Crippen molar-refractivity contribution in [2.75, 3.05) is 0 Å². The van der Waals surface area contributed by atoms with Crippen LogP contribution in [0.2, 0.25) is 0 Å². The summed E-state index contributed by atoms with van der Waals surface area (Å²) in [5, 5.41) is 0. The van der Waals surface area contributed by atoms with Crippen molar-refractivity contribution in [3.8, 4) is 0 Å². The van der Waals surface area contributed by atoms with Crippen LogP contribution in [0.25, 0.3) is 0 Å². The zero-order valence-electron chi connectivity index (χ0n) is 2.82. The molecule has 0 aliphatic rings. The predicted octanol–water partition coefficient (Wildman–Crippen LogP) is 2.18. The molecule has 0 amide bonds. The highest BCUT2D eigenvalue weighted by molar-refractivity contribution is 8.93. The van der Waals surface area contributed by atoms with Crippen molar-refractivity contribution in [1.82, 2.24) is 0 Å². The molecule has 2 heteroatoms. The highest BCUT2D eigenvalue weighted by atomic mass is 79.9. The number of rotatable bonds is 0. The topological polar surface area (TPSA) is 0 Å². The van der Waals surface area contributed by atoms with Crippen LogP contribution in [0.4, 0.5) is 0 Å². The van der Waals surface area contributed by atoms with E-state index in [4.69, 9.17) is 0 Å². The van der Waals surface area contributed by atoms with E-state index in [0.29, 0.717) is 0 Å². The van der Waals surface area contributed by atoms with Gasteiger partial charge in [-0.15, -0.1) is 34.0 Å². The zero-order chi connectivity index (χ0) is 2.00. The van der Waals surface area contributed by atoms with Gasteiger partial charge in [-0.2, -0.15) is 0 Å². The molecule has 0 spiro atoms. The lowest BCUT2D eigenvalue weighted by Crippen LogP contribution is -0.856. The molecule has 0 fully saturated rings. The molecule has 0 rings (SSSR count). The predicted molar refractivity (Wildman–Crippen MR) is 32.0 cm³/mol. The maximum absolute atomic E-state index is 2.00. The summed E-state index contributed by atoms with van der Waals surface area (Å²) in [6.45, 7) is 4.00. The normalized spacial score (nSPS) is 1.50. The van der Waals surface area contributed by atoms with Crippen molar-refractivity contribution >= 4 is 34.0 Å². The molecule has 0 saturated carbocycles. The first kappa shape index (κ1) is 20.2. The SMILES string of the molecule is Br.Br.CC. The third-order valence-electron chi connectivity index (χ3n) is 0. The van der Waals surface area contributed by atoms with Gasteiger partial charge in [0.1, 0.15) is 0 Å². The van der Waals surface area contributed by atoms with E-state index in [1.165, 1.54) is 0 Å². The first-order valence-corrected chi connectivity index (χ1v) is 1.00. The average molecular weight is 192 g/mol. The Morgan fingerprint density at radius 1 is 0.750 bits per heavy atom. The van der Waals surface area contributed by atoms with E-state index in [9.17, 15) is 0 Å². The van der Waals surface area contributed by atoms with Gasteiger partial charge in [-0.3, -0.25) is 0 Å². The molecular weight excluding hydrogens is 184 g/mol. The second-order valence-electron chi connectivity index (χ2n) is 0. The Labute approximate surface area is 48.1 Å². The molecule has 0 atom stereocenters. The minimum absolute atomic E-state index is 0. The molecule has 0 aromatic carbocycles. The first-order chi connectivity index (χ1) is 1.00. The summed E-state index contributed by atoms with van der Waals surface area (Å²) in [5.74, 6) is 0. The largest absolute Gasteiger partial charge is 0.114 e. The molecule has 0 unspecified atom stereocenters. The van der Waals surface area contributed by atoms with Gasteiger partial charge in [0.05, 0.1) is 0 Å². The van der Waals surface area contributed by atoms with E-state index in [-0.39, 0.29) is 34.0 Å². The van der Waals surface area contributed by atoms with Crippen LogP contribution in [-0.4, -0.2) is 0 Å². The summed E-state index contributed by atoms with van der Waals surface area (Å²) in [6.07, 6.45) is 0. The van der Waals surface area contributed by atoms with Crippen LogP contribution in [-0.2, 0) is 0 Å². The summed E-state index contributed by atoms with van der Waals surface area (Å²) < 4.78 is 0. The van der Waals surface area contributed by atoms with Gasteiger partial charge in [0.2, 0.25) is 0 Å². The van der Waals surface area contributed by atoms with Crippen LogP contribution in [0, 0.1) is 0 Å². The van der Waals surface area contributed by atoms with E-state index < -0.39 is 0 Å². The van der Waals surface area contributed by atoms with Gasteiger partial charge in [0, 0.05) is 0 Å². The Hall–Kier alpha value is 0.960. The quantitative estimate of drug-likeness (QED) is 0.551. The Morgan fingerprint density at radius 3 is 0.750 bits per heavy atom. The molecule has 0 bridgehead atoms. The van der Waals surface area contributed by atoms with E-state index >= 15 is 0 Å². The van der Waals surface area contributed by atoms with E-state index in [0.717, 1.165) is 0 Å². The molecule has 0 saturated heterocycles. The molecule has 0 aliphatic heterocycles. The van der Waals surface area contributed by atoms with Gasteiger partial charge in [-0.05, 0) is 0 Å². The zero-order valence-corrected chi connectivity index (χ0v) is 6.24. The Balaban J connectivity index is -0.00000000500. The average Bonchev–Trinajstić information content (AvgIpc) is 1.00. The van der Waals surface area contributed by atoms with Crippen molar-refractivity contribution in [1.29, 1.82) is 0 Å². The Kier molecular flexibility index (Phi) is 191. The fourth-order valence-corrected chi connectivity index (χ4v) is 0. The summed E-state index contributed by atoms with van der Waals surface area (Å²) in [6, 6.07) is 0. The maximum Gasteiger partial charge on any atom is -0.0683 e. The van der Waals surface area contributed by atoms with Gasteiger partial charge in [0.15, 0.2) is 0 Å². The van der Waals surface area contributed by atoms with E-state index in [1.807, 2.05) is 13.8 Å². The molecule has 0 aromatic rings. The molecule has 30 valence electrons. The van der Waals surface area contributed by atoms with Crippen LogP contribution in [0.15, 0.2) is 0 Å². The molecule has 4 heavy (non-hydrogen) atoms. The third-order valence-corrected chi connectivity index (χ3v) is 0. The van der Waals surface area contributed by atoms with Crippen molar-refractivity contribution < 1.29 is 0 Å². The van der Waals surface area contributed by atoms with Crippen LogP contribution < -0.4 is 0 Å². The number of hydrogen-bond acceptors (Lipinski definition) is 0. The summed E-state index contributed by atoms with van der Waals surface area (Å²) in [5.41, 5.74) is 0. The standard InChI is InChI=1S/C2H6.2BrH/c1-2;;/h1-2H3;2*1H. The van der Waals surface area contributed by atoms with Crippen molar-refractivity contribution in [3.63, 3.8) is 0 Å². The lowest BCUT2D eigenvalue weighted by Gasteiger charge is -1.07. The lowest BCUT2D eigenvalue weighted by atomic mass is 11.0. The first-order valence-electron chi connectivity index (χ1n) is 1.00. The van der Waals surface area contributed by atoms with Gasteiger partial charge in [0.25, 0.3) is 0 Å². The smallest absolute Gasteiger partial charge is 0.0683 e. The molecular formula is C2H8Br2. The maximum atomic E-state index is 2.00. The van der Waals surface area contributed by atoms with Crippen molar-refractivity contribution in [2.45, 2.75) is 13.8 Å². The number of halogens is 2. The highest BCUT2D eigenvalue weighted by Crippen LogP contribution is 1.14. The van der Waals surface area contributed by atoms with E-state index in [2.05, 4.69) is 0 Å². The van der Waals surface area contributed by atoms with Crippen LogP contribution in [0.1, 0.15) is 13.8 Å². The molecule has 0 nitrogen and oxygen atoms in total. The lowest BCUT2D eigenvalue weighted by molar-refractivity contribution is 1.50. The van der Waals surface area contributed by atoms with Gasteiger partial charge >= 0.3 is 0 Å². The molecule has 0 aromatic heterocycles. The Morgan fingerprint density at radius 2 is 0.750 bits per heavy atom. The van der Waals surface area contributed by atoms with Gasteiger partial charge in [-0.1, -0.05) is 13.8 Å². The van der Waals surface area contributed by atoms with Crippen LogP contribution >= 0.6 is 34.0 Å². The van der Waals surface area contributed by atoms with Crippen molar-refractivity contribution in [2.24, 2.45) is 0 Å². The summed E-state index contributed by atoms with van der Waals surface area (Å²) in [7, 11) is 0. The summed E-state index contributed by atoms with van der Waals surface area (Å²) >= 11 is 0. The highest BCUT2D eigenvalue weighted by Gasteiger charge is 0.932. The Bertz CT molecular complexity index is 4.00. The molecule has 0 aliphatic carbocycles. The second kappa shape index (κ2) is 37.6. The number of hydrogen-bond donors (Lipinski definition) is 0. The van der Waals surface area contributed by atoms with Crippen LogP contribution in [0.3, 0.4) is 0 Å². The van der Waals surface area contributed by atoms with Gasteiger partial charge < -0.3 is 0 Å².